The smallest absolute Gasteiger partial charge is 0.287 e. The molecule has 6 nitrogen and oxygen atoms in total. The number of aryl methyl sites for hydroxylation is 1. The predicted molar refractivity (Wildman–Crippen MR) is 128 cm³/mol. The molecule has 1 N–H and O–H groups in total. The van der Waals surface area contributed by atoms with Gasteiger partial charge in [0.1, 0.15) is 18.1 Å². The van der Waals surface area contributed by atoms with Crippen LogP contribution in [0.4, 0.5) is 0 Å². The van der Waals surface area contributed by atoms with Crippen LogP contribution in [0.25, 0.3) is 5.69 Å². The average Bonchev–Trinajstić information content (AvgIpc) is 3.41. The Kier molecular flexibility index (Phi) is 6.63. The largest absolute Gasteiger partial charge is 0.486 e. The number of carbonyl (C=O) groups excluding carboxylic acids is 1. The number of ether oxygens (including phenoxy) is 1. The molecule has 2 aromatic heterocycles. The molecule has 6 heteroatoms. The summed E-state index contributed by atoms with van der Waals surface area (Å²) >= 11 is 0. The number of hydrogen-bond donors (Lipinski definition) is 1. The van der Waals surface area contributed by atoms with Gasteiger partial charge in [-0.05, 0) is 61.7 Å². The Balaban J connectivity index is 1.35. The van der Waals surface area contributed by atoms with Crippen LogP contribution in [-0.2, 0) is 13.2 Å². The molecule has 0 saturated carbocycles. The van der Waals surface area contributed by atoms with E-state index in [0.29, 0.717) is 18.2 Å². The quantitative estimate of drug-likeness (QED) is 0.378. The molecule has 0 aliphatic rings. The lowest BCUT2D eigenvalue weighted by atomic mass is 10.0. The molecule has 0 fully saturated rings. The second-order valence-corrected chi connectivity index (χ2v) is 8.36. The minimum atomic E-state index is -0.270. The van der Waals surface area contributed by atoms with E-state index in [0.717, 1.165) is 28.4 Å². The maximum atomic E-state index is 12.6. The summed E-state index contributed by atoms with van der Waals surface area (Å²) in [5.41, 5.74) is 5.13. The van der Waals surface area contributed by atoms with Crippen LogP contribution in [0, 0.1) is 13.8 Å². The first kappa shape index (κ1) is 22.4. The number of nitrogens with zero attached hydrogens (tertiary/aromatic N) is 2. The van der Waals surface area contributed by atoms with Crippen molar-refractivity contribution in [1.29, 1.82) is 0 Å². The molecule has 0 aliphatic carbocycles. The minimum absolute atomic E-state index is 0.259. The highest BCUT2D eigenvalue weighted by atomic mass is 16.5. The number of benzene rings is 2. The topological polar surface area (TPSA) is 69.3 Å². The Morgan fingerprint density at radius 1 is 1.03 bits per heavy atom. The first-order chi connectivity index (χ1) is 15.9. The molecule has 2 aromatic carbocycles. The fraction of sp³-hybridized carbons (Fsp3) is 0.259. The van der Waals surface area contributed by atoms with Crippen LogP contribution in [0.5, 0.6) is 5.75 Å². The summed E-state index contributed by atoms with van der Waals surface area (Å²) in [5, 5.41) is 7.57. The lowest BCUT2D eigenvalue weighted by Gasteiger charge is -2.08. The maximum absolute atomic E-state index is 12.6. The number of hydrogen-bond acceptors (Lipinski definition) is 4. The van der Waals surface area contributed by atoms with E-state index in [1.54, 1.807) is 12.1 Å². The number of furan rings is 1. The molecule has 170 valence electrons. The maximum Gasteiger partial charge on any atom is 0.287 e. The molecule has 0 spiro atoms. The van der Waals surface area contributed by atoms with Gasteiger partial charge in [-0.2, -0.15) is 5.10 Å². The highest BCUT2D eigenvalue weighted by molar-refractivity contribution is 5.91. The fourth-order valence-corrected chi connectivity index (χ4v) is 3.69. The van der Waals surface area contributed by atoms with Crippen LogP contribution in [0.1, 0.15) is 58.6 Å². The van der Waals surface area contributed by atoms with Crippen LogP contribution < -0.4 is 10.1 Å². The third kappa shape index (κ3) is 5.17. The van der Waals surface area contributed by atoms with Crippen LogP contribution >= 0.6 is 0 Å². The van der Waals surface area contributed by atoms with Crippen LogP contribution in [-0.4, -0.2) is 15.7 Å². The molecule has 33 heavy (non-hydrogen) atoms. The van der Waals surface area contributed by atoms with Crippen molar-refractivity contribution in [2.24, 2.45) is 0 Å². The van der Waals surface area contributed by atoms with Gasteiger partial charge in [0.15, 0.2) is 5.76 Å². The third-order valence-electron chi connectivity index (χ3n) is 5.68. The molecule has 0 unspecified atom stereocenters. The number of para-hydroxylation sites is 1. The van der Waals surface area contributed by atoms with E-state index < -0.39 is 0 Å². The highest BCUT2D eigenvalue weighted by Crippen LogP contribution is 2.21. The van der Waals surface area contributed by atoms with Gasteiger partial charge in [-0.15, -0.1) is 0 Å². The number of rotatable bonds is 8. The Labute approximate surface area is 194 Å². The molecule has 0 saturated heterocycles. The van der Waals surface area contributed by atoms with Gasteiger partial charge in [0.2, 0.25) is 0 Å². The second-order valence-electron chi connectivity index (χ2n) is 8.36. The highest BCUT2D eigenvalue weighted by Gasteiger charge is 2.16. The van der Waals surface area contributed by atoms with Crippen molar-refractivity contribution >= 4 is 5.91 Å². The summed E-state index contributed by atoms with van der Waals surface area (Å²) in [5.74, 6) is 1.83. The van der Waals surface area contributed by atoms with Gasteiger partial charge in [-0.3, -0.25) is 4.79 Å². The summed E-state index contributed by atoms with van der Waals surface area (Å²) < 4.78 is 13.4. The molecule has 0 bridgehead atoms. The van der Waals surface area contributed by atoms with Crippen molar-refractivity contribution in [1.82, 2.24) is 15.1 Å². The standard InChI is InChI=1S/C27H29N3O3/c1-18(2)21-10-12-23(13-11-21)32-17-24-14-15-26(33-24)27(31)28-16-25-19(3)29-30(20(25)4)22-8-6-5-7-9-22/h5-15,18H,16-17H2,1-4H3,(H,28,31). The number of carbonyl (C=O) groups is 1. The van der Waals surface area contributed by atoms with E-state index in [1.807, 2.05) is 61.0 Å². The van der Waals surface area contributed by atoms with Gasteiger partial charge in [0, 0.05) is 17.8 Å². The zero-order valence-corrected chi connectivity index (χ0v) is 19.5. The van der Waals surface area contributed by atoms with Gasteiger partial charge in [-0.25, -0.2) is 4.68 Å². The Hall–Kier alpha value is -3.80. The first-order valence-electron chi connectivity index (χ1n) is 11.1. The monoisotopic (exact) mass is 443 g/mol. The van der Waals surface area contributed by atoms with Gasteiger partial charge >= 0.3 is 0 Å². The normalized spacial score (nSPS) is 11.1. The minimum Gasteiger partial charge on any atom is -0.486 e. The van der Waals surface area contributed by atoms with Crippen molar-refractivity contribution in [2.45, 2.75) is 46.8 Å². The van der Waals surface area contributed by atoms with Gasteiger partial charge < -0.3 is 14.5 Å². The Morgan fingerprint density at radius 2 is 1.76 bits per heavy atom. The van der Waals surface area contributed by atoms with Crippen molar-refractivity contribution in [3.63, 3.8) is 0 Å². The third-order valence-corrected chi connectivity index (χ3v) is 5.68. The molecule has 0 radical (unpaired) electrons. The van der Waals surface area contributed by atoms with E-state index in [-0.39, 0.29) is 18.3 Å². The average molecular weight is 444 g/mol. The van der Waals surface area contributed by atoms with Crippen LogP contribution in [0.3, 0.4) is 0 Å². The van der Waals surface area contributed by atoms with E-state index in [9.17, 15) is 4.79 Å². The summed E-state index contributed by atoms with van der Waals surface area (Å²) in [6, 6.07) is 21.4. The summed E-state index contributed by atoms with van der Waals surface area (Å²) in [4.78, 5) is 12.6. The van der Waals surface area contributed by atoms with Crippen molar-refractivity contribution in [2.75, 3.05) is 0 Å². The summed E-state index contributed by atoms with van der Waals surface area (Å²) in [6.45, 7) is 8.90. The SMILES string of the molecule is Cc1nn(-c2ccccc2)c(C)c1CNC(=O)c1ccc(COc2ccc(C(C)C)cc2)o1. The second kappa shape index (κ2) is 9.77. The molecular formula is C27H29N3O3. The molecule has 1 amide bonds. The molecule has 4 rings (SSSR count). The molecule has 4 aromatic rings. The van der Waals surface area contributed by atoms with E-state index in [2.05, 4.69) is 36.4 Å². The number of aromatic nitrogens is 2. The van der Waals surface area contributed by atoms with Crippen molar-refractivity contribution < 1.29 is 13.9 Å². The predicted octanol–water partition coefficient (Wildman–Crippen LogP) is 5.71. The fourth-order valence-electron chi connectivity index (χ4n) is 3.69. The van der Waals surface area contributed by atoms with Crippen molar-refractivity contribution in [3.8, 4) is 11.4 Å². The molecular weight excluding hydrogens is 414 g/mol. The van der Waals surface area contributed by atoms with E-state index in [4.69, 9.17) is 9.15 Å². The number of amides is 1. The van der Waals surface area contributed by atoms with E-state index in [1.165, 1.54) is 5.56 Å². The first-order valence-corrected chi connectivity index (χ1v) is 11.1. The number of nitrogens with one attached hydrogen (secondary N) is 1. The van der Waals surface area contributed by atoms with Crippen molar-refractivity contribution in [3.05, 3.63) is 101 Å². The van der Waals surface area contributed by atoms with Gasteiger partial charge in [0.05, 0.1) is 11.4 Å². The summed E-state index contributed by atoms with van der Waals surface area (Å²) in [7, 11) is 0. The molecule has 0 aliphatic heterocycles. The van der Waals surface area contributed by atoms with Crippen LogP contribution in [0.2, 0.25) is 0 Å². The Morgan fingerprint density at radius 3 is 2.45 bits per heavy atom. The molecule has 0 atom stereocenters. The Bertz CT molecular complexity index is 1220. The van der Waals surface area contributed by atoms with Gasteiger partial charge in [-0.1, -0.05) is 44.2 Å². The lowest BCUT2D eigenvalue weighted by Crippen LogP contribution is -2.23. The zero-order valence-electron chi connectivity index (χ0n) is 19.5. The van der Waals surface area contributed by atoms with Crippen LogP contribution in [0.15, 0.2) is 71.1 Å². The van der Waals surface area contributed by atoms with Gasteiger partial charge in [0.25, 0.3) is 5.91 Å². The zero-order chi connectivity index (χ0) is 23.4. The molecule has 2 heterocycles. The van der Waals surface area contributed by atoms with E-state index >= 15 is 0 Å². The lowest BCUT2D eigenvalue weighted by molar-refractivity contribution is 0.0919. The summed E-state index contributed by atoms with van der Waals surface area (Å²) in [6.07, 6.45) is 0.